The van der Waals surface area contributed by atoms with E-state index < -0.39 is 12.1 Å². The quantitative estimate of drug-likeness (QED) is 0.671. The van der Waals surface area contributed by atoms with Crippen LogP contribution in [0.2, 0.25) is 0 Å². The van der Waals surface area contributed by atoms with Crippen LogP contribution in [0.4, 0.5) is 4.79 Å². The van der Waals surface area contributed by atoms with Crippen molar-refractivity contribution in [3.63, 3.8) is 0 Å². The topological polar surface area (TPSA) is 77.8 Å². The van der Waals surface area contributed by atoms with Crippen LogP contribution in [0.3, 0.4) is 0 Å². The second-order valence-corrected chi connectivity index (χ2v) is 3.33. The number of carboxylic acids is 1. The van der Waals surface area contributed by atoms with Gasteiger partial charge in [-0.05, 0) is 18.8 Å². The van der Waals surface area contributed by atoms with Gasteiger partial charge in [0.05, 0.1) is 0 Å². The average Bonchev–Trinajstić information content (AvgIpc) is 2.03. The maximum Gasteiger partial charge on any atom is 0.407 e. The Morgan fingerprint density at radius 3 is 2.62 bits per heavy atom. The Kier molecular flexibility index (Phi) is 3.11. The molecule has 0 aromatic rings. The molecule has 0 bridgehead atoms. The molecule has 0 aromatic heterocycles. The third-order valence-corrected chi connectivity index (χ3v) is 2.25. The van der Waals surface area contributed by atoms with Gasteiger partial charge in [-0.3, -0.25) is 4.79 Å². The van der Waals surface area contributed by atoms with Crippen LogP contribution in [0, 0.1) is 5.92 Å². The Labute approximate surface area is 76.0 Å². The van der Waals surface area contributed by atoms with Crippen LogP contribution < -0.4 is 0 Å². The molecule has 2 N–H and O–H groups in total. The largest absolute Gasteiger partial charge is 0.481 e. The molecule has 74 valence electrons. The molecule has 1 aliphatic rings. The summed E-state index contributed by atoms with van der Waals surface area (Å²) >= 11 is 0. The lowest BCUT2D eigenvalue weighted by atomic mass is 9.95. The first kappa shape index (κ1) is 9.83. The first-order valence-electron chi connectivity index (χ1n) is 4.29. The molecule has 1 aliphatic heterocycles. The molecule has 1 heterocycles. The van der Waals surface area contributed by atoms with Crippen LogP contribution in [0.15, 0.2) is 0 Å². The summed E-state index contributed by atoms with van der Waals surface area (Å²) in [6, 6.07) is 0. The number of likely N-dealkylation sites (tertiary alicyclic amines) is 1. The molecular weight excluding hydrogens is 174 g/mol. The first-order chi connectivity index (χ1) is 6.09. The van der Waals surface area contributed by atoms with E-state index in [1.54, 1.807) is 0 Å². The third kappa shape index (κ3) is 2.93. The molecule has 1 unspecified atom stereocenters. The Balaban J connectivity index is 2.41. The SMILES string of the molecule is O=C(O)CC1CCCN(C(=O)O)C1. The van der Waals surface area contributed by atoms with Crippen molar-refractivity contribution in [2.75, 3.05) is 13.1 Å². The van der Waals surface area contributed by atoms with E-state index in [1.807, 2.05) is 0 Å². The molecule has 1 rings (SSSR count). The van der Waals surface area contributed by atoms with Crippen LogP contribution >= 0.6 is 0 Å². The van der Waals surface area contributed by atoms with E-state index in [4.69, 9.17) is 10.2 Å². The van der Waals surface area contributed by atoms with E-state index in [-0.39, 0.29) is 12.3 Å². The van der Waals surface area contributed by atoms with Gasteiger partial charge in [-0.25, -0.2) is 4.79 Å². The number of hydrogen-bond donors (Lipinski definition) is 2. The molecule has 5 nitrogen and oxygen atoms in total. The van der Waals surface area contributed by atoms with Crippen molar-refractivity contribution in [1.29, 1.82) is 0 Å². The number of rotatable bonds is 2. The Bertz CT molecular complexity index is 216. The maximum atomic E-state index is 10.6. The predicted molar refractivity (Wildman–Crippen MR) is 44.6 cm³/mol. The van der Waals surface area contributed by atoms with Crippen molar-refractivity contribution < 1.29 is 19.8 Å². The number of aliphatic carboxylic acids is 1. The van der Waals surface area contributed by atoms with Gasteiger partial charge in [-0.2, -0.15) is 0 Å². The van der Waals surface area contributed by atoms with E-state index in [2.05, 4.69) is 0 Å². The average molecular weight is 187 g/mol. The van der Waals surface area contributed by atoms with Gasteiger partial charge < -0.3 is 15.1 Å². The molecule has 1 amide bonds. The van der Waals surface area contributed by atoms with E-state index >= 15 is 0 Å². The predicted octanol–water partition coefficient (Wildman–Crippen LogP) is 0.851. The lowest BCUT2D eigenvalue weighted by Gasteiger charge is -2.29. The highest BCUT2D eigenvalue weighted by Crippen LogP contribution is 2.19. The fourth-order valence-corrected chi connectivity index (χ4v) is 1.65. The summed E-state index contributed by atoms with van der Waals surface area (Å²) in [5.41, 5.74) is 0. The summed E-state index contributed by atoms with van der Waals surface area (Å²) in [6.07, 6.45) is 0.708. The summed E-state index contributed by atoms with van der Waals surface area (Å²) in [5.74, 6) is -0.861. The monoisotopic (exact) mass is 187 g/mol. The van der Waals surface area contributed by atoms with Crippen molar-refractivity contribution in [1.82, 2.24) is 4.90 Å². The van der Waals surface area contributed by atoms with Gasteiger partial charge in [0, 0.05) is 19.5 Å². The first-order valence-corrected chi connectivity index (χ1v) is 4.29. The summed E-state index contributed by atoms with van der Waals surface area (Å²) < 4.78 is 0. The number of nitrogens with zero attached hydrogens (tertiary/aromatic N) is 1. The number of carbonyl (C=O) groups is 2. The van der Waals surface area contributed by atoms with Gasteiger partial charge in [0.1, 0.15) is 0 Å². The molecule has 0 aliphatic carbocycles. The Morgan fingerprint density at radius 1 is 1.38 bits per heavy atom. The second-order valence-electron chi connectivity index (χ2n) is 3.33. The molecule has 5 heteroatoms. The minimum Gasteiger partial charge on any atom is -0.481 e. The highest BCUT2D eigenvalue weighted by molar-refractivity contribution is 5.68. The minimum atomic E-state index is -0.949. The van der Waals surface area contributed by atoms with Crippen LogP contribution in [0.1, 0.15) is 19.3 Å². The zero-order valence-corrected chi connectivity index (χ0v) is 7.27. The molecule has 0 saturated carbocycles. The van der Waals surface area contributed by atoms with Gasteiger partial charge >= 0.3 is 12.1 Å². The molecule has 13 heavy (non-hydrogen) atoms. The third-order valence-electron chi connectivity index (χ3n) is 2.25. The number of carboxylic acid groups (broad SMARTS) is 2. The Hall–Kier alpha value is -1.26. The van der Waals surface area contributed by atoms with Crippen LogP contribution in [0.25, 0.3) is 0 Å². The van der Waals surface area contributed by atoms with Gasteiger partial charge in [0.2, 0.25) is 0 Å². The summed E-state index contributed by atoms with van der Waals surface area (Å²) in [4.78, 5) is 22.2. The molecule has 0 aromatic carbocycles. The van der Waals surface area contributed by atoms with E-state index in [9.17, 15) is 9.59 Å². The number of hydrogen-bond acceptors (Lipinski definition) is 2. The van der Waals surface area contributed by atoms with Gasteiger partial charge in [-0.1, -0.05) is 0 Å². The standard InChI is InChI=1S/C8H13NO4/c10-7(11)4-6-2-1-3-9(5-6)8(12)13/h6H,1-5H2,(H,10,11)(H,12,13). The summed E-state index contributed by atoms with van der Waals surface area (Å²) in [5, 5.41) is 17.2. The summed E-state index contributed by atoms with van der Waals surface area (Å²) in [6.45, 7) is 0.896. The van der Waals surface area contributed by atoms with Crippen molar-refractivity contribution in [3.8, 4) is 0 Å². The molecule has 1 fully saturated rings. The van der Waals surface area contributed by atoms with E-state index in [0.29, 0.717) is 13.1 Å². The molecule has 1 atom stereocenters. The molecule has 0 spiro atoms. The lowest BCUT2D eigenvalue weighted by Crippen LogP contribution is -2.39. The highest BCUT2D eigenvalue weighted by atomic mass is 16.4. The Morgan fingerprint density at radius 2 is 2.08 bits per heavy atom. The van der Waals surface area contributed by atoms with Crippen LogP contribution in [0.5, 0.6) is 0 Å². The second kappa shape index (κ2) is 4.11. The van der Waals surface area contributed by atoms with Crippen molar-refractivity contribution in [3.05, 3.63) is 0 Å². The molecular formula is C8H13NO4. The van der Waals surface area contributed by atoms with E-state index in [1.165, 1.54) is 4.90 Å². The number of piperidine rings is 1. The van der Waals surface area contributed by atoms with Gasteiger partial charge in [0.15, 0.2) is 0 Å². The minimum absolute atomic E-state index is 0.0117. The molecule has 1 saturated heterocycles. The zero-order chi connectivity index (χ0) is 9.84. The van der Waals surface area contributed by atoms with Gasteiger partial charge in [-0.15, -0.1) is 0 Å². The van der Waals surface area contributed by atoms with Crippen LogP contribution in [-0.4, -0.2) is 40.3 Å². The maximum absolute atomic E-state index is 10.6. The fraction of sp³-hybridized carbons (Fsp3) is 0.750. The highest BCUT2D eigenvalue weighted by Gasteiger charge is 2.24. The fourth-order valence-electron chi connectivity index (χ4n) is 1.65. The zero-order valence-electron chi connectivity index (χ0n) is 7.27. The smallest absolute Gasteiger partial charge is 0.407 e. The molecule has 0 radical (unpaired) electrons. The normalized spacial score (nSPS) is 22.8. The van der Waals surface area contributed by atoms with Gasteiger partial charge in [0.25, 0.3) is 0 Å². The van der Waals surface area contributed by atoms with Crippen molar-refractivity contribution in [2.45, 2.75) is 19.3 Å². The summed E-state index contributed by atoms with van der Waals surface area (Å²) in [7, 11) is 0. The van der Waals surface area contributed by atoms with Crippen molar-refractivity contribution >= 4 is 12.1 Å². The van der Waals surface area contributed by atoms with E-state index in [0.717, 1.165) is 12.8 Å². The number of amides is 1. The lowest BCUT2D eigenvalue weighted by molar-refractivity contribution is -0.138. The van der Waals surface area contributed by atoms with Crippen LogP contribution in [-0.2, 0) is 4.79 Å². The van der Waals surface area contributed by atoms with Crippen molar-refractivity contribution in [2.24, 2.45) is 5.92 Å².